The Labute approximate surface area is 156 Å². The summed E-state index contributed by atoms with van der Waals surface area (Å²) >= 11 is 1.58. The summed E-state index contributed by atoms with van der Waals surface area (Å²) in [5, 5.41) is 9.10. The molecule has 0 unspecified atom stereocenters. The van der Waals surface area contributed by atoms with Crippen LogP contribution in [0.2, 0.25) is 0 Å². The molecule has 0 saturated heterocycles. The van der Waals surface area contributed by atoms with Crippen molar-refractivity contribution in [1.82, 2.24) is 10.1 Å². The summed E-state index contributed by atoms with van der Waals surface area (Å²) in [4.78, 5) is 17.8. The number of carbonyl (C=O) groups excluding carboxylic acids is 1. The Bertz CT molecular complexity index is 867. The number of amides is 1. The SMILES string of the molecule is O=C(CC1CCCC1)Nc1ccccc1Cc1nc(-c2cccs2)no1. The number of thiophene rings is 1. The third-order valence-electron chi connectivity index (χ3n) is 4.79. The maximum Gasteiger partial charge on any atom is 0.231 e. The molecular weight excluding hydrogens is 346 g/mol. The Morgan fingerprint density at radius 2 is 2.04 bits per heavy atom. The molecule has 2 aromatic heterocycles. The van der Waals surface area contributed by atoms with Crippen molar-refractivity contribution in [1.29, 1.82) is 0 Å². The van der Waals surface area contributed by atoms with Crippen molar-refractivity contribution < 1.29 is 9.32 Å². The molecule has 26 heavy (non-hydrogen) atoms. The molecule has 1 fully saturated rings. The number of carbonyl (C=O) groups is 1. The number of hydrogen-bond donors (Lipinski definition) is 1. The molecule has 1 amide bonds. The first-order valence-electron chi connectivity index (χ1n) is 9.02. The van der Waals surface area contributed by atoms with E-state index in [1.807, 2.05) is 41.8 Å². The molecule has 1 aromatic carbocycles. The van der Waals surface area contributed by atoms with E-state index in [9.17, 15) is 4.79 Å². The first-order valence-corrected chi connectivity index (χ1v) is 9.90. The Hall–Kier alpha value is -2.47. The number of hydrogen-bond acceptors (Lipinski definition) is 5. The van der Waals surface area contributed by atoms with Gasteiger partial charge in [0.25, 0.3) is 0 Å². The molecule has 4 rings (SSSR count). The van der Waals surface area contributed by atoms with E-state index in [0.717, 1.165) is 16.1 Å². The van der Waals surface area contributed by atoms with Crippen LogP contribution < -0.4 is 5.32 Å². The largest absolute Gasteiger partial charge is 0.339 e. The van der Waals surface area contributed by atoms with Crippen molar-refractivity contribution >= 4 is 22.9 Å². The number of rotatable bonds is 6. The molecule has 2 heterocycles. The van der Waals surface area contributed by atoms with Gasteiger partial charge in [0.1, 0.15) is 0 Å². The zero-order valence-corrected chi connectivity index (χ0v) is 15.3. The van der Waals surface area contributed by atoms with Gasteiger partial charge in [0.05, 0.1) is 11.3 Å². The highest BCUT2D eigenvalue weighted by atomic mass is 32.1. The van der Waals surface area contributed by atoms with Crippen molar-refractivity contribution in [2.24, 2.45) is 5.92 Å². The van der Waals surface area contributed by atoms with Gasteiger partial charge in [0, 0.05) is 12.1 Å². The number of anilines is 1. The van der Waals surface area contributed by atoms with E-state index >= 15 is 0 Å². The molecule has 1 aliphatic carbocycles. The fourth-order valence-corrected chi connectivity index (χ4v) is 4.12. The summed E-state index contributed by atoms with van der Waals surface area (Å²) in [6, 6.07) is 11.7. The first-order chi connectivity index (χ1) is 12.8. The normalized spacial score (nSPS) is 14.6. The van der Waals surface area contributed by atoms with Gasteiger partial charge >= 0.3 is 0 Å². The van der Waals surface area contributed by atoms with Crippen LogP contribution in [0.25, 0.3) is 10.7 Å². The fraction of sp³-hybridized carbons (Fsp3) is 0.350. The molecule has 0 aliphatic heterocycles. The lowest BCUT2D eigenvalue weighted by Gasteiger charge is -2.12. The van der Waals surface area contributed by atoms with E-state index in [0.29, 0.717) is 30.5 Å². The topological polar surface area (TPSA) is 68.0 Å². The molecule has 1 saturated carbocycles. The van der Waals surface area contributed by atoms with Gasteiger partial charge in [-0.1, -0.05) is 42.3 Å². The molecule has 134 valence electrons. The third kappa shape index (κ3) is 4.02. The molecule has 0 spiro atoms. The van der Waals surface area contributed by atoms with Crippen molar-refractivity contribution in [2.45, 2.75) is 38.5 Å². The predicted molar refractivity (Wildman–Crippen MR) is 102 cm³/mol. The average Bonchev–Trinajstić information content (AvgIpc) is 3.38. The number of benzene rings is 1. The van der Waals surface area contributed by atoms with Crippen LogP contribution in [0.5, 0.6) is 0 Å². The maximum absolute atomic E-state index is 12.4. The van der Waals surface area contributed by atoms with Crippen LogP contribution in [0, 0.1) is 5.92 Å². The minimum atomic E-state index is 0.0918. The van der Waals surface area contributed by atoms with Gasteiger partial charge in [-0.05, 0) is 41.8 Å². The molecule has 1 N–H and O–H groups in total. The zero-order valence-electron chi connectivity index (χ0n) is 14.5. The quantitative estimate of drug-likeness (QED) is 0.672. The Morgan fingerprint density at radius 3 is 2.85 bits per heavy atom. The lowest BCUT2D eigenvalue weighted by atomic mass is 10.0. The van der Waals surface area contributed by atoms with E-state index in [4.69, 9.17) is 4.52 Å². The smallest absolute Gasteiger partial charge is 0.231 e. The molecule has 5 nitrogen and oxygen atoms in total. The fourth-order valence-electron chi connectivity index (χ4n) is 3.47. The monoisotopic (exact) mass is 367 g/mol. The number of para-hydroxylation sites is 1. The van der Waals surface area contributed by atoms with Gasteiger partial charge in [0.15, 0.2) is 0 Å². The van der Waals surface area contributed by atoms with E-state index in [2.05, 4.69) is 15.5 Å². The van der Waals surface area contributed by atoms with Gasteiger partial charge in [0.2, 0.25) is 17.6 Å². The second-order valence-electron chi connectivity index (χ2n) is 6.73. The van der Waals surface area contributed by atoms with Gasteiger partial charge < -0.3 is 9.84 Å². The molecular formula is C20H21N3O2S. The number of aromatic nitrogens is 2. The zero-order chi connectivity index (χ0) is 17.8. The van der Waals surface area contributed by atoms with Crippen molar-refractivity contribution in [2.75, 3.05) is 5.32 Å². The Balaban J connectivity index is 1.44. The van der Waals surface area contributed by atoms with Gasteiger partial charge in [-0.2, -0.15) is 4.98 Å². The molecule has 1 aliphatic rings. The molecule has 6 heteroatoms. The van der Waals surface area contributed by atoms with Gasteiger partial charge in [-0.3, -0.25) is 4.79 Å². The van der Waals surface area contributed by atoms with Crippen molar-refractivity contribution in [3.63, 3.8) is 0 Å². The third-order valence-corrected chi connectivity index (χ3v) is 5.66. The molecule has 0 atom stereocenters. The lowest BCUT2D eigenvalue weighted by molar-refractivity contribution is -0.117. The van der Waals surface area contributed by atoms with Crippen LogP contribution in [0.15, 0.2) is 46.3 Å². The summed E-state index contributed by atoms with van der Waals surface area (Å²) in [6.45, 7) is 0. The Kier molecular flexibility index (Phi) is 5.11. The highest BCUT2D eigenvalue weighted by molar-refractivity contribution is 7.13. The minimum Gasteiger partial charge on any atom is -0.339 e. The second-order valence-corrected chi connectivity index (χ2v) is 7.67. The van der Waals surface area contributed by atoms with Gasteiger partial charge in [-0.15, -0.1) is 11.3 Å². The van der Waals surface area contributed by atoms with Gasteiger partial charge in [-0.25, -0.2) is 0 Å². The van der Waals surface area contributed by atoms with Crippen LogP contribution >= 0.6 is 11.3 Å². The number of nitrogens with zero attached hydrogens (tertiary/aromatic N) is 2. The summed E-state index contributed by atoms with van der Waals surface area (Å²) in [5.74, 6) is 1.78. The summed E-state index contributed by atoms with van der Waals surface area (Å²) in [7, 11) is 0. The minimum absolute atomic E-state index is 0.0918. The average molecular weight is 367 g/mol. The predicted octanol–water partition coefficient (Wildman–Crippen LogP) is 4.91. The van der Waals surface area contributed by atoms with Crippen LogP contribution in [-0.2, 0) is 11.2 Å². The van der Waals surface area contributed by atoms with Crippen molar-refractivity contribution in [3.8, 4) is 10.7 Å². The van der Waals surface area contributed by atoms with Crippen LogP contribution in [0.4, 0.5) is 5.69 Å². The number of nitrogens with one attached hydrogen (secondary N) is 1. The van der Waals surface area contributed by atoms with E-state index in [1.54, 1.807) is 11.3 Å². The lowest BCUT2D eigenvalue weighted by Crippen LogP contribution is -2.16. The molecule has 0 radical (unpaired) electrons. The van der Waals surface area contributed by atoms with Crippen molar-refractivity contribution in [3.05, 3.63) is 53.2 Å². The first kappa shape index (κ1) is 17.0. The van der Waals surface area contributed by atoms with Crippen LogP contribution in [-0.4, -0.2) is 16.0 Å². The summed E-state index contributed by atoms with van der Waals surface area (Å²) in [5.41, 5.74) is 1.81. The van der Waals surface area contributed by atoms with Crippen LogP contribution in [0.3, 0.4) is 0 Å². The standard InChI is InChI=1S/C20H21N3O2S/c24-18(12-14-6-1-2-7-14)21-16-9-4-3-8-15(16)13-19-22-20(23-25-19)17-10-5-11-26-17/h3-5,8-11,14H,1-2,6-7,12-13H2,(H,21,24). The van der Waals surface area contributed by atoms with Crippen LogP contribution in [0.1, 0.15) is 43.6 Å². The highest BCUT2D eigenvalue weighted by Crippen LogP contribution is 2.28. The van der Waals surface area contributed by atoms with E-state index in [1.165, 1.54) is 25.7 Å². The highest BCUT2D eigenvalue weighted by Gasteiger charge is 2.19. The Morgan fingerprint density at radius 1 is 1.19 bits per heavy atom. The van der Waals surface area contributed by atoms with E-state index in [-0.39, 0.29) is 5.91 Å². The molecule has 3 aromatic rings. The van der Waals surface area contributed by atoms with E-state index < -0.39 is 0 Å². The second kappa shape index (κ2) is 7.83. The summed E-state index contributed by atoms with van der Waals surface area (Å²) in [6.07, 6.45) is 5.94. The maximum atomic E-state index is 12.4. The molecule has 0 bridgehead atoms. The summed E-state index contributed by atoms with van der Waals surface area (Å²) < 4.78 is 5.39.